The molecule has 0 bridgehead atoms. The van der Waals surface area contributed by atoms with Gasteiger partial charge in [0.15, 0.2) is 0 Å². The van der Waals surface area contributed by atoms with E-state index < -0.39 is 22.4 Å². The summed E-state index contributed by atoms with van der Waals surface area (Å²) in [5, 5.41) is 16.3. The average molecular weight is 456 g/mol. The first-order valence-corrected chi connectivity index (χ1v) is 9.65. The summed E-state index contributed by atoms with van der Waals surface area (Å²) in [6.45, 7) is 0.201. The number of hydrogen-bond acceptors (Lipinski definition) is 5. The van der Waals surface area contributed by atoms with Crippen molar-refractivity contribution >= 4 is 34.7 Å². The molecule has 0 aliphatic carbocycles. The summed E-state index contributed by atoms with van der Waals surface area (Å²) < 4.78 is 39.3. The van der Waals surface area contributed by atoms with Crippen LogP contribution in [0.4, 0.5) is 35.9 Å². The summed E-state index contributed by atoms with van der Waals surface area (Å²) in [5.41, 5.74) is 6.04. The monoisotopic (exact) mass is 456 g/mol. The molecule has 0 radical (unpaired) electrons. The summed E-state index contributed by atoms with van der Waals surface area (Å²) in [6, 6.07) is 16.6. The number of rotatable bonds is 7. The summed E-state index contributed by atoms with van der Waals surface area (Å²) in [5.74, 6) is -0.350. The Kier molecular flexibility index (Phi) is 6.97. The van der Waals surface area contributed by atoms with Crippen molar-refractivity contribution in [2.24, 2.45) is 0 Å². The quantitative estimate of drug-likeness (QED) is 0.189. The molecular formula is C23H19F3N4O3. The number of nitrogens with two attached hydrogens (primary N) is 1. The van der Waals surface area contributed by atoms with Crippen molar-refractivity contribution < 1.29 is 22.9 Å². The van der Waals surface area contributed by atoms with E-state index in [-0.39, 0.29) is 18.1 Å². The van der Waals surface area contributed by atoms with Gasteiger partial charge in [-0.15, -0.1) is 0 Å². The number of halogens is 3. The highest BCUT2D eigenvalue weighted by molar-refractivity contribution is 6.03. The van der Waals surface area contributed by atoms with Gasteiger partial charge in [-0.3, -0.25) is 14.9 Å². The molecule has 0 saturated carbocycles. The van der Waals surface area contributed by atoms with Gasteiger partial charge in [0.25, 0.3) is 5.69 Å². The van der Waals surface area contributed by atoms with Crippen LogP contribution in [0.3, 0.4) is 0 Å². The molecule has 33 heavy (non-hydrogen) atoms. The number of nitrogens with one attached hydrogen (secondary N) is 2. The minimum atomic E-state index is -4.84. The second-order valence-corrected chi connectivity index (χ2v) is 6.99. The molecule has 0 fully saturated rings. The normalized spacial score (nSPS) is 11.4. The molecular weight excluding hydrogens is 437 g/mol. The third-order valence-electron chi connectivity index (χ3n) is 4.62. The third kappa shape index (κ3) is 6.33. The van der Waals surface area contributed by atoms with Crippen molar-refractivity contribution in [2.45, 2.75) is 12.7 Å². The lowest BCUT2D eigenvalue weighted by Crippen LogP contribution is -2.10. The Balaban J connectivity index is 1.61. The van der Waals surface area contributed by atoms with Gasteiger partial charge in [0, 0.05) is 24.4 Å². The molecule has 1 amide bonds. The molecule has 0 aliphatic rings. The molecule has 0 aromatic heterocycles. The minimum Gasteiger partial charge on any atom is -0.397 e. The Morgan fingerprint density at radius 3 is 2.39 bits per heavy atom. The van der Waals surface area contributed by atoms with E-state index in [1.165, 1.54) is 12.1 Å². The van der Waals surface area contributed by atoms with Crippen LogP contribution < -0.4 is 16.4 Å². The number of carbonyl (C=O) groups excluding carboxylic acids is 1. The number of nitro groups is 1. The Labute approximate surface area is 186 Å². The highest BCUT2D eigenvalue weighted by Crippen LogP contribution is 2.37. The van der Waals surface area contributed by atoms with Gasteiger partial charge in [-0.2, -0.15) is 13.2 Å². The fourth-order valence-corrected chi connectivity index (χ4v) is 2.94. The molecule has 0 unspecified atom stereocenters. The zero-order valence-corrected chi connectivity index (χ0v) is 17.1. The van der Waals surface area contributed by atoms with E-state index in [2.05, 4.69) is 10.6 Å². The van der Waals surface area contributed by atoms with Crippen molar-refractivity contribution in [1.29, 1.82) is 0 Å². The van der Waals surface area contributed by atoms with E-state index in [1.54, 1.807) is 54.6 Å². The topological polar surface area (TPSA) is 110 Å². The number of anilines is 3. The molecule has 4 N–H and O–H groups in total. The van der Waals surface area contributed by atoms with Gasteiger partial charge in [0.2, 0.25) is 5.91 Å². The third-order valence-corrected chi connectivity index (χ3v) is 4.62. The zero-order valence-electron chi connectivity index (χ0n) is 17.1. The lowest BCUT2D eigenvalue weighted by Gasteiger charge is -2.11. The van der Waals surface area contributed by atoms with E-state index in [1.807, 2.05) is 0 Å². The van der Waals surface area contributed by atoms with Crippen LogP contribution in [0.25, 0.3) is 6.08 Å². The van der Waals surface area contributed by atoms with Gasteiger partial charge in [0.05, 0.1) is 16.3 Å². The standard InChI is InChI=1S/C23H19F3N4O3/c24-23(25,26)18-13-17(10-11-21(18)30(32)33)28-14-16-7-5-15(6-8-16)9-12-22(31)29-20-4-2-1-3-19(20)27/h1-13,28H,14,27H2,(H,29,31). The van der Waals surface area contributed by atoms with Crippen LogP contribution in [0, 0.1) is 10.1 Å². The number of nitro benzene ring substituents is 1. The van der Waals surface area contributed by atoms with Crippen molar-refractivity contribution in [3.63, 3.8) is 0 Å². The molecule has 10 heteroatoms. The maximum Gasteiger partial charge on any atom is 0.423 e. The second kappa shape index (κ2) is 9.86. The predicted molar refractivity (Wildman–Crippen MR) is 120 cm³/mol. The van der Waals surface area contributed by atoms with Crippen LogP contribution in [-0.2, 0) is 17.5 Å². The lowest BCUT2D eigenvalue weighted by molar-refractivity contribution is -0.388. The predicted octanol–water partition coefficient (Wildman–Crippen LogP) is 5.46. The maximum absolute atomic E-state index is 13.1. The van der Waals surface area contributed by atoms with E-state index >= 15 is 0 Å². The van der Waals surface area contributed by atoms with Crippen LogP contribution in [0.15, 0.2) is 72.8 Å². The molecule has 3 aromatic rings. The van der Waals surface area contributed by atoms with Crippen LogP contribution in [0.5, 0.6) is 0 Å². The molecule has 0 heterocycles. The summed E-state index contributed by atoms with van der Waals surface area (Å²) in [4.78, 5) is 21.8. The largest absolute Gasteiger partial charge is 0.423 e. The SMILES string of the molecule is Nc1ccccc1NC(=O)C=Cc1ccc(CNc2ccc([N+](=O)[O-])c(C(F)(F)F)c2)cc1. The van der Waals surface area contributed by atoms with Crippen LogP contribution >= 0.6 is 0 Å². The van der Waals surface area contributed by atoms with Crippen molar-refractivity contribution in [2.75, 3.05) is 16.4 Å². The number of nitrogens with zero attached hydrogens (tertiary/aromatic N) is 1. The van der Waals surface area contributed by atoms with Gasteiger partial charge in [-0.05, 0) is 41.5 Å². The van der Waals surface area contributed by atoms with Crippen molar-refractivity contribution in [1.82, 2.24) is 0 Å². The Morgan fingerprint density at radius 2 is 1.76 bits per heavy atom. The first-order chi connectivity index (χ1) is 15.6. The van der Waals surface area contributed by atoms with Gasteiger partial charge >= 0.3 is 6.18 Å². The van der Waals surface area contributed by atoms with Gasteiger partial charge in [-0.25, -0.2) is 0 Å². The fourth-order valence-electron chi connectivity index (χ4n) is 2.94. The lowest BCUT2D eigenvalue weighted by atomic mass is 10.1. The average Bonchev–Trinajstić information content (AvgIpc) is 2.77. The zero-order chi connectivity index (χ0) is 24.0. The number of benzene rings is 3. The molecule has 0 spiro atoms. The highest BCUT2D eigenvalue weighted by Gasteiger charge is 2.38. The first-order valence-electron chi connectivity index (χ1n) is 9.65. The van der Waals surface area contributed by atoms with Crippen LogP contribution in [-0.4, -0.2) is 10.8 Å². The second-order valence-electron chi connectivity index (χ2n) is 6.99. The fraction of sp³-hybridized carbons (Fsp3) is 0.0870. The van der Waals surface area contributed by atoms with E-state index in [0.29, 0.717) is 17.4 Å². The Morgan fingerprint density at radius 1 is 1.06 bits per heavy atom. The number of carbonyl (C=O) groups is 1. The molecule has 7 nitrogen and oxygen atoms in total. The Hall–Kier alpha value is -4.34. The number of hydrogen-bond donors (Lipinski definition) is 3. The van der Waals surface area contributed by atoms with Crippen LogP contribution in [0.1, 0.15) is 16.7 Å². The number of alkyl halides is 3. The highest BCUT2D eigenvalue weighted by atomic mass is 19.4. The molecule has 3 rings (SSSR count). The molecule has 3 aromatic carbocycles. The number of amides is 1. The minimum absolute atomic E-state index is 0.105. The summed E-state index contributed by atoms with van der Waals surface area (Å²) in [6.07, 6.45) is -1.88. The van der Waals surface area contributed by atoms with Gasteiger partial charge in [-0.1, -0.05) is 36.4 Å². The van der Waals surface area contributed by atoms with Gasteiger partial charge < -0.3 is 16.4 Å². The molecule has 170 valence electrons. The number of para-hydroxylation sites is 2. The number of nitrogen functional groups attached to an aromatic ring is 1. The maximum atomic E-state index is 13.1. The van der Waals surface area contributed by atoms with Crippen molar-refractivity contribution in [3.05, 3.63) is 99.6 Å². The summed E-state index contributed by atoms with van der Waals surface area (Å²) in [7, 11) is 0. The van der Waals surface area contributed by atoms with Gasteiger partial charge in [0.1, 0.15) is 5.56 Å². The van der Waals surface area contributed by atoms with E-state index in [9.17, 15) is 28.1 Å². The van der Waals surface area contributed by atoms with E-state index in [4.69, 9.17) is 5.73 Å². The van der Waals surface area contributed by atoms with Crippen LogP contribution in [0.2, 0.25) is 0 Å². The van der Waals surface area contributed by atoms with E-state index in [0.717, 1.165) is 17.2 Å². The summed E-state index contributed by atoms with van der Waals surface area (Å²) >= 11 is 0. The van der Waals surface area contributed by atoms with Crippen molar-refractivity contribution in [3.8, 4) is 0 Å². The smallest absolute Gasteiger partial charge is 0.397 e. The first kappa shape index (κ1) is 23.3. The molecule has 0 atom stereocenters. The Bertz CT molecular complexity index is 1190. The molecule has 0 aliphatic heterocycles. The molecule has 0 saturated heterocycles.